The fraction of sp³-hybridized carbons (Fsp3) is 0.462. The molecule has 9 nitrogen and oxygen atoms in total. The molecule has 2 aliphatic rings. The molecule has 1 fully saturated rings. The average Bonchev–Trinajstić information content (AvgIpc) is 3.52. The quantitative estimate of drug-likeness (QED) is 0.489. The van der Waals surface area contributed by atoms with Crippen molar-refractivity contribution >= 4 is 29.2 Å². The molecule has 11 heteroatoms. The zero-order valence-corrected chi connectivity index (χ0v) is 22.2. The number of aromatic nitrogens is 3. The third kappa shape index (κ3) is 4.82. The summed E-state index contributed by atoms with van der Waals surface area (Å²) in [6, 6.07) is 3.89. The van der Waals surface area contributed by atoms with Gasteiger partial charge < -0.3 is 19.3 Å². The van der Waals surface area contributed by atoms with E-state index < -0.39 is 17.5 Å². The lowest BCUT2D eigenvalue weighted by atomic mass is 10.1. The van der Waals surface area contributed by atoms with Gasteiger partial charge in [0.2, 0.25) is 0 Å². The first kappa shape index (κ1) is 25.3. The van der Waals surface area contributed by atoms with E-state index in [2.05, 4.69) is 10.1 Å². The molecule has 1 aromatic carbocycles. The van der Waals surface area contributed by atoms with Crippen LogP contribution in [0.5, 0.6) is 5.75 Å². The first-order chi connectivity index (χ1) is 17.4. The lowest BCUT2D eigenvalue weighted by Gasteiger charge is -2.24. The molecule has 2 aromatic heterocycles. The number of hydrogen-bond donors (Lipinski definition) is 0. The van der Waals surface area contributed by atoms with Crippen LogP contribution in [0.1, 0.15) is 60.2 Å². The van der Waals surface area contributed by atoms with Crippen molar-refractivity contribution in [1.29, 1.82) is 0 Å². The number of nitrogens with zero attached hydrogens (tertiary/aromatic N) is 5. The minimum Gasteiger partial charge on any atom is -0.488 e. The molecule has 5 rings (SSSR count). The average molecular weight is 530 g/mol. The van der Waals surface area contributed by atoms with E-state index in [9.17, 15) is 14.0 Å². The summed E-state index contributed by atoms with van der Waals surface area (Å²) >= 11 is 6.33. The number of carbonyl (C=O) groups is 2. The van der Waals surface area contributed by atoms with Gasteiger partial charge in [-0.1, -0.05) is 11.6 Å². The molecule has 0 radical (unpaired) electrons. The van der Waals surface area contributed by atoms with Gasteiger partial charge in [0.25, 0.3) is 5.91 Å². The van der Waals surface area contributed by atoms with E-state index in [0.29, 0.717) is 49.0 Å². The van der Waals surface area contributed by atoms with Crippen LogP contribution in [-0.4, -0.2) is 61.2 Å². The number of fused-ring (bicyclic) bond motifs is 3. The second kappa shape index (κ2) is 9.16. The van der Waals surface area contributed by atoms with Crippen molar-refractivity contribution in [3.05, 3.63) is 57.2 Å². The Morgan fingerprint density at radius 1 is 1.16 bits per heavy atom. The molecule has 0 aliphatic carbocycles. The maximum absolute atomic E-state index is 14.2. The molecule has 0 N–H and O–H groups in total. The molecule has 0 saturated carbocycles. The fourth-order valence-electron chi connectivity index (χ4n) is 4.69. The van der Waals surface area contributed by atoms with Crippen molar-refractivity contribution in [2.45, 2.75) is 65.8 Å². The third-order valence-electron chi connectivity index (χ3n) is 6.51. The summed E-state index contributed by atoms with van der Waals surface area (Å²) in [5.74, 6) is -0.657. The lowest BCUT2D eigenvalue weighted by Crippen LogP contribution is -2.36. The standard InChI is InChI=1S/C26H29ClFN5O4/c1-14-22(27)15(2)33-23(29-14)19-12-32(13-20(19)30-33)24(34)18-7-6-16(28)10-21(18)36-17-8-9-31(11-17)25(35)37-26(3,4)5/h6-7,10,17H,8-9,11-13H2,1-5H3/t17-/m1/s1. The number of aryl methyl sites for hydroxylation is 2. The monoisotopic (exact) mass is 529 g/mol. The molecule has 0 spiro atoms. The molecule has 2 aliphatic heterocycles. The molecule has 196 valence electrons. The second-order valence-electron chi connectivity index (χ2n) is 10.5. The predicted octanol–water partition coefficient (Wildman–Crippen LogP) is 4.68. The molecule has 3 aromatic rings. The summed E-state index contributed by atoms with van der Waals surface area (Å²) in [6.45, 7) is 10.5. The Morgan fingerprint density at radius 3 is 2.65 bits per heavy atom. The number of carbonyl (C=O) groups excluding carboxylic acids is 2. The Labute approximate surface area is 219 Å². The maximum Gasteiger partial charge on any atom is 0.410 e. The molecular weight excluding hydrogens is 501 g/mol. The van der Waals surface area contributed by atoms with Crippen molar-refractivity contribution in [3.63, 3.8) is 0 Å². The maximum atomic E-state index is 14.2. The zero-order valence-electron chi connectivity index (χ0n) is 21.5. The molecule has 1 atom stereocenters. The van der Waals surface area contributed by atoms with Crippen LogP contribution in [0.4, 0.5) is 9.18 Å². The number of halogens is 2. The Bertz CT molecular complexity index is 1420. The van der Waals surface area contributed by atoms with E-state index in [-0.39, 0.29) is 23.3 Å². The van der Waals surface area contributed by atoms with Gasteiger partial charge in [0.15, 0.2) is 5.65 Å². The van der Waals surface area contributed by atoms with Gasteiger partial charge in [-0.15, -0.1) is 0 Å². The molecule has 37 heavy (non-hydrogen) atoms. The van der Waals surface area contributed by atoms with Crippen molar-refractivity contribution in [3.8, 4) is 5.75 Å². The molecule has 0 unspecified atom stereocenters. The van der Waals surface area contributed by atoms with E-state index in [1.54, 1.807) is 35.1 Å². The molecular formula is C26H29ClFN5O4. The highest BCUT2D eigenvalue weighted by Crippen LogP contribution is 2.32. The van der Waals surface area contributed by atoms with Crippen molar-refractivity contribution < 1.29 is 23.5 Å². The highest BCUT2D eigenvalue weighted by molar-refractivity contribution is 6.31. The first-order valence-electron chi connectivity index (χ1n) is 12.2. The van der Waals surface area contributed by atoms with E-state index in [1.165, 1.54) is 18.2 Å². The summed E-state index contributed by atoms with van der Waals surface area (Å²) in [7, 11) is 0. The molecule has 1 saturated heterocycles. The van der Waals surface area contributed by atoms with Crippen LogP contribution in [0.15, 0.2) is 18.2 Å². The minimum absolute atomic E-state index is 0.149. The van der Waals surface area contributed by atoms with Crippen molar-refractivity contribution in [2.24, 2.45) is 0 Å². The van der Waals surface area contributed by atoms with E-state index in [1.807, 2.05) is 13.8 Å². The summed E-state index contributed by atoms with van der Waals surface area (Å²) in [5.41, 5.74) is 3.43. The summed E-state index contributed by atoms with van der Waals surface area (Å²) in [5, 5.41) is 5.19. The van der Waals surface area contributed by atoms with Gasteiger partial charge in [-0.05, 0) is 46.8 Å². The topological polar surface area (TPSA) is 89.3 Å². The smallest absolute Gasteiger partial charge is 0.410 e. The zero-order chi connectivity index (χ0) is 26.6. The third-order valence-corrected chi connectivity index (χ3v) is 7.05. The number of benzene rings is 1. The number of hydrogen-bond acceptors (Lipinski definition) is 6. The van der Waals surface area contributed by atoms with Crippen molar-refractivity contribution in [1.82, 2.24) is 24.4 Å². The highest BCUT2D eigenvalue weighted by Gasteiger charge is 2.34. The fourth-order valence-corrected chi connectivity index (χ4v) is 4.82. The lowest BCUT2D eigenvalue weighted by molar-refractivity contribution is 0.0275. The first-order valence-corrected chi connectivity index (χ1v) is 12.6. The molecule has 0 bridgehead atoms. The summed E-state index contributed by atoms with van der Waals surface area (Å²) < 4.78 is 27.4. The van der Waals surface area contributed by atoms with Gasteiger partial charge in [0, 0.05) is 24.6 Å². The van der Waals surface area contributed by atoms with Crippen LogP contribution in [0.2, 0.25) is 5.02 Å². The Morgan fingerprint density at radius 2 is 1.92 bits per heavy atom. The van der Waals surface area contributed by atoms with E-state index in [0.717, 1.165) is 17.0 Å². The Kier molecular flexibility index (Phi) is 6.26. The van der Waals surface area contributed by atoms with Crippen LogP contribution in [0.3, 0.4) is 0 Å². The molecule has 4 heterocycles. The van der Waals surface area contributed by atoms with Gasteiger partial charge in [0.1, 0.15) is 23.3 Å². The normalized spacial score (nSPS) is 17.4. The second-order valence-corrected chi connectivity index (χ2v) is 10.9. The predicted molar refractivity (Wildman–Crippen MR) is 134 cm³/mol. The number of likely N-dealkylation sites (tertiary alicyclic amines) is 1. The van der Waals surface area contributed by atoms with Crippen LogP contribution >= 0.6 is 11.6 Å². The SMILES string of the molecule is Cc1nc2c3c(nn2c(C)c1Cl)CN(C(=O)c1ccc(F)cc1O[C@@H]1CCN(C(=O)OC(C)(C)C)C1)C3. The van der Waals surface area contributed by atoms with Gasteiger partial charge >= 0.3 is 6.09 Å². The van der Waals surface area contributed by atoms with E-state index in [4.69, 9.17) is 21.1 Å². The number of rotatable bonds is 3. The number of amides is 2. The Balaban J connectivity index is 1.33. The van der Waals surface area contributed by atoms with Gasteiger partial charge in [-0.25, -0.2) is 18.7 Å². The van der Waals surface area contributed by atoms with Gasteiger partial charge in [-0.3, -0.25) is 4.79 Å². The number of ether oxygens (including phenoxy) is 2. The minimum atomic E-state index is -0.604. The summed E-state index contributed by atoms with van der Waals surface area (Å²) in [6.07, 6.45) is -0.266. The Hall–Kier alpha value is -3.40. The molecule has 2 amide bonds. The van der Waals surface area contributed by atoms with Crippen LogP contribution in [0.25, 0.3) is 5.65 Å². The highest BCUT2D eigenvalue weighted by atomic mass is 35.5. The van der Waals surface area contributed by atoms with Crippen LogP contribution in [0, 0.1) is 19.7 Å². The van der Waals surface area contributed by atoms with Gasteiger partial charge in [-0.2, -0.15) is 5.10 Å². The van der Waals surface area contributed by atoms with Crippen LogP contribution < -0.4 is 4.74 Å². The van der Waals surface area contributed by atoms with Crippen LogP contribution in [-0.2, 0) is 17.8 Å². The van der Waals surface area contributed by atoms with Crippen molar-refractivity contribution in [2.75, 3.05) is 13.1 Å². The van der Waals surface area contributed by atoms with Gasteiger partial charge in [0.05, 0.1) is 47.3 Å². The van der Waals surface area contributed by atoms with E-state index >= 15 is 0 Å². The summed E-state index contributed by atoms with van der Waals surface area (Å²) in [4.78, 5) is 33.7. The largest absolute Gasteiger partial charge is 0.488 e.